The maximum atomic E-state index is 12.4. The first-order valence-electron chi connectivity index (χ1n) is 8.99. The smallest absolute Gasteiger partial charge is 0.410 e. The zero-order valence-corrected chi connectivity index (χ0v) is 14.9. The maximum absolute atomic E-state index is 12.4. The van der Waals surface area contributed by atoms with E-state index >= 15 is 0 Å². The van der Waals surface area contributed by atoms with Gasteiger partial charge in [0.1, 0.15) is 5.60 Å². The van der Waals surface area contributed by atoms with Crippen molar-refractivity contribution < 1.29 is 19.1 Å². The molecule has 0 aromatic carbocycles. The molecule has 2 aliphatic rings. The standard InChI is InChI=1S/C18H30N2O4/c1-15-6-5-9-18(2,8-4-3-7-16(21)23-14-15)24-17(22)20-12-10-19-11-13-20/h5-6,15,19H,3-4,7-14H2,1-2H3. The van der Waals surface area contributed by atoms with E-state index in [1.165, 1.54) is 0 Å². The summed E-state index contributed by atoms with van der Waals surface area (Å²) < 4.78 is 11.1. The minimum Gasteiger partial charge on any atom is -0.465 e. The molecule has 2 unspecified atom stereocenters. The average Bonchev–Trinajstić information content (AvgIpc) is 2.57. The van der Waals surface area contributed by atoms with Crippen LogP contribution in [0.3, 0.4) is 0 Å². The molecule has 136 valence electrons. The van der Waals surface area contributed by atoms with Gasteiger partial charge in [-0.2, -0.15) is 0 Å². The van der Waals surface area contributed by atoms with Gasteiger partial charge >= 0.3 is 12.1 Å². The number of esters is 1. The van der Waals surface area contributed by atoms with Crippen molar-refractivity contribution in [2.24, 2.45) is 5.92 Å². The summed E-state index contributed by atoms with van der Waals surface area (Å²) in [6.07, 6.45) is 7.31. The molecule has 0 aliphatic carbocycles. The summed E-state index contributed by atoms with van der Waals surface area (Å²) in [4.78, 5) is 25.9. The Kier molecular flexibility index (Phi) is 7.09. The lowest BCUT2D eigenvalue weighted by molar-refractivity contribution is -0.144. The third kappa shape index (κ3) is 6.15. The van der Waals surface area contributed by atoms with Crippen molar-refractivity contribution in [3.63, 3.8) is 0 Å². The zero-order chi connectivity index (χ0) is 17.4. The number of carbonyl (C=O) groups excluding carboxylic acids is 2. The normalized spacial score (nSPS) is 30.0. The van der Waals surface area contributed by atoms with Crippen LogP contribution in [0.4, 0.5) is 4.79 Å². The highest BCUT2D eigenvalue weighted by atomic mass is 16.6. The number of ether oxygens (including phenoxy) is 2. The molecule has 1 fully saturated rings. The van der Waals surface area contributed by atoms with Gasteiger partial charge in [0.05, 0.1) is 6.61 Å². The monoisotopic (exact) mass is 338 g/mol. The molecule has 0 radical (unpaired) electrons. The van der Waals surface area contributed by atoms with Crippen molar-refractivity contribution in [1.82, 2.24) is 10.2 Å². The number of nitrogens with zero attached hydrogens (tertiary/aromatic N) is 1. The van der Waals surface area contributed by atoms with E-state index in [1.807, 2.05) is 26.0 Å². The molecular formula is C18H30N2O4. The van der Waals surface area contributed by atoms with E-state index in [1.54, 1.807) is 4.90 Å². The van der Waals surface area contributed by atoms with Gasteiger partial charge in [0.15, 0.2) is 0 Å². The van der Waals surface area contributed by atoms with Gasteiger partial charge in [-0.3, -0.25) is 4.79 Å². The molecule has 0 aromatic rings. The van der Waals surface area contributed by atoms with Crippen LogP contribution in [0, 0.1) is 5.92 Å². The van der Waals surface area contributed by atoms with Crippen molar-refractivity contribution in [1.29, 1.82) is 0 Å². The van der Waals surface area contributed by atoms with Gasteiger partial charge in [0.25, 0.3) is 0 Å². The number of rotatable bonds is 1. The van der Waals surface area contributed by atoms with E-state index < -0.39 is 5.60 Å². The number of nitrogens with one attached hydrogen (secondary N) is 1. The molecule has 0 aromatic heterocycles. The quantitative estimate of drug-likeness (QED) is 0.588. The molecule has 2 heterocycles. The minimum atomic E-state index is -0.527. The van der Waals surface area contributed by atoms with E-state index in [9.17, 15) is 9.59 Å². The summed E-state index contributed by atoms with van der Waals surface area (Å²) in [6.45, 7) is 7.41. The van der Waals surface area contributed by atoms with Crippen molar-refractivity contribution in [3.8, 4) is 0 Å². The summed E-state index contributed by atoms with van der Waals surface area (Å²) in [6, 6.07) is 0. The van der Waals surface area contributed by atoms with E-state index in [0.29, 0.717) is 32.5 Å². The molecule has 2 atom stereocenters. The van der Waals surface area contributed by atoms with E-state index in [0.717, 1.165) is 32.4 Å². The predicted molar refractivity (Wildman–Crippen MR) is 91.7 cm³/mol. The van der Waals surface area contributed by atoms with Crippen molar-refractivity contribution in [2.75, 3.05) is 32.8 Å². The summed E-state index contributed by atoms with van der Waals surface area (Å²) in [5, 5.41) is 3.23. The molecule has 6 nitrogen and oxygen atoms in total. The van der Waals surface area contributed by atoms with Crippen molar-refractivity contribution >= 4 is 12.1 Å². The second kappa shape index (κ2) is 9.06. The number of hydrogen-bond donors (Lipinski definition) is 1. The summed E-state index contributed by atoms with van der Waals surface area (Å²) in [7, 11) is 0. The van der Waals surface area contributed by atoms with Crippen LogP contribution in [0.1, 0.15) is 46.0 Å². The molecule has 2 rings (SSSR count). The molecule has 0 bridgehead atoms. The van der Waals surface area contributed by atoms with E-state index in [-0.39, 0.29) is 18.0 Å². The molecular weight excluding hydrogens is 308 g/mol. The van der Waals surface area contributed by atoms with Crippen LogP contribution in [0.2, 0.25) is 0 Å². The third-order valence-electron chi connectivity index (χ3n) is 4.57. The third-order valence-corrected chi connectivity index (χ3v) is 4.57. The first-order valence-corrected chi connectivity index (χ1v) is 8.99. The number of hydrogen-bond acceptors (Lipinski definition) is 5. The highest BCUT2D eigenvalue weighted by Gasteiger charge is 2.30. The number of cyclic esters (lactones) is 1. The summed E-state index contributed by atoms with van der Waals surface area (Å²) in [5.41, 5.74) is -0.527. The van der Waals surface area contributed by atoms with Gasteiger partial charge in [0, 0.05) is 44.9 Å². The second-order valence-corrected chi connectivity index (χ2v) is 7.05. The Bertz CT molecular complexity index is 460. The molecule has 1 saturated heterocycles. The maximum Gasteiger partial charge on any atom is 0.410 e. The fraction of sp³-hybridized carbons (Fsp3) is 0.778. The molecule has 0 saturated carbocycles. The molecule has 0 spiro atoms. The van der Waals surface area contributed by atoms with Crippen molar-refractivity contribution in [3.05, 3.63) is 12.2 Å². The van der Waals surface area contributed by atoms with Crippen LogP contribution in [0.15, 0.2) is 12.2 Å². The Labute approximate surface area is 144 Å². The van der Waals surface area contributed by atoms with Gasteiger partial charge in [-0.05, 0) is 26.2 Å². The number of amides is 1. The van der Waals surface area contributed by atoms with Gasteiger partial charge < -0.3 is 19.7 Å². The fourth-order valence-electron chi connectivity index (χ4n) is 2.99. The zero-order valence-electron chi connectivity index (χ0n) is 14.9. The average molecular weight is 338 g/mol. The molecule has 24 heavy (non-hydrogen) atoms. The van der Waals surface area contributed by atoms with E-state index in [4.69, 9.17) is 9.47 Å². The van der Waals surface area contributed by atoms with Gasteiger partial charge in [0.2, 0.25) is 0 Å². The lowest BCUT2D eigenvalue weighted by Crippen LogP contribution is -2.48. The number of piperazine rings is 1. The van der Waals surface area contributed by atoms with Crippen molar-refractivity contribution in [2.45, 2.75) is 51.6 Å². The Morgan fingerprint density at radius 3 is 2.88 bits per heavy atom. The first kappa shape index (κ1) is 18.8. The minimum absolute atomic E-state index is 0.143. The molecule has 2 aliphatic heterocycles. The van der Waals surface area contributed by atoms with Crippen LogP contribution in [0.25, 0.3) is 0 Å². The summed E-state index contributed by atoms with van der Waals surface area (Å²) in [5.74, 6) is 0.0248. The van der Waals surface area contributed by atoms with Crippen LogP contribution < -0.4 is 5.32 Å². The largest absolute Gasteiger partial charge is 0.465 e. The van der Waals surface area contributed by atoms with Crippen LogP contribution in [-0.4, -0.2) is 55.3 Å². The van der Waals surface area contributed by atoms with Gasteiger partial charge in [-0.1, -0.05) is 19.1 Å². The molecule has 1 amide bonds. The Balaban J connectivity index is 1.98. The highest BCUT2D eigenvalue weighted by Crippen LogP contribution is 2.26. The molecule has 6 heteroatoms. The van der Waals surface area contributed by atoms with Crippen LogP contribution >= 0.6 is 0 Å². The predicted octanol–water partition coefficient (Wildman–Crippen LogP) is 2.49. The lowest BCUT2D eigenvalue weighted by Gasteiger charge is -2.34. The SMILES string of the molecule is CC1C=CCC(C)(OC(=O)N2CCNCC2)CCCCC(=O)OC1. The fourth-order valence-corrected chi connectivity index (χ4v) is 2.99. The first-order chi connectivity index (χ1) is 11.5. The van der Waals surface area contributed by atoms with E-state index in [2.05, 4.69) is 5.32 Å². The Hall–Kier alpha value is -1.56. The second-order valence-electron chi connectivity index (χ2n) is 7.05. The highest BCUT2D eigenvalue weighted by molar-refractivity contribution is 5.69. The Morgan fingerprint density at radius 1 is 1.38 bits per heavy atom. The topological polar surface area (TPSA) is 67.9 Å². The van der Waals surface area contributed by atoms with Crippen LogP contribution in [-0.2, 0) is 14.3 Å². The van der Waals surface area contributed by atoms with Gasteiger partial charge in [-0.15, -0.1) is 0 Å². The van der Waals surface area contributed by atoms with Crippen LogP contribution in [0.5, 0.6) is 0 Å². The Morgan fingerprint density at radius 2 is 2.12 bits per heavy atom. The molecule has 1 N–H and O–H groups in total. The number of carbonyl (C=O) groups is 2. The summed E-state index contributed by atoms with van der Waals surface area (Å²) >= 11 is 0. The lowest BCUT2D eigenvalue weighted by atomic mass is 9.93. The van der Waals surface area contributed by atoms with Gasteiger partial charge in [-0.25, -0.2) is 4.79 Å².